The van der Waals surface area contributed by atoms with E-state index in [1.807, 2.05) is 71.9 Å². The minimum Gasteiger partial charge on any atom is -0.354 e. The molecule has 10 nitrogen and oxygen atoms in total. The minimum absolute atomic E-state index is 0.0971. The zero-order valence-corrected chi connectivity index (χ0v) is 27.5. The lowest BCUT2D eigenvalue weighted by atomic mass is 9.87. The Morgan fingerprint density at radius 1 is 0.795 bits per heavy atom. The average Bonchev–Trinajstić information content (AvgIpc) is 2.98. The largest absolute Gasteiger partial charge is 0.354 e. The number of carbonyl (C=O) groups excluding carboxylic acids is 4. The lowest BCUT2D eigenvalue weighted by molar-refractivity contribution is -0.378. The van der Waals surface area contributed by atoms with Gasteiger partial charge in [0.2, 0.25) is 17.7 Å². The highest BCUT2D eigenvalue weighted by atomic mass is 16.2. The average molecular weight is 610 g/mol. The Bertz CT molecular complexity index is 1180. The number of nitrogens with one attached hydrogen (secondary N) is 6. The van der Waals surface area contributed by atoms with Crippen LogP contribution >= 0.6 is 0 Å². The molecular formula is C34H53N6O4+. The molecule has 4 amide bonds. The number of rotatable bonds is 17. The third kappa shape index (κ3) is 13.7. The number of hydrogen-bond donors (Lipinski definition) is 5. The summed E-state index contributed by atoms with van der Waals surface area (Å²) in [4.78, 5) is 55.6. The Labute approximate surface area is 262 Å². The van der Waals surface area contributed by atoms with Crippen molar-refractivity contribution < 1.29 is 24.2 Å². The second kappa shape index (κ2) is 18.1. The molecule has 10 heteroatoms. The van der Waals surface area contributed by atoms with Gasteiger partial charge in [-0.1, -0.05) is 78.3 Å². The van der Waals surface area contributed by atoms with Crippen molar-refractivity contribution >= 4 is 23.6 Å². The van der Waals surface area contributed by atoms with Gasteiger partial charge in [-0.3, -0.25) is 19.2 Å². The van der Waals surface area contributed by atoms with Crippen molar-refractivity contribution in [3.8, 4) is 0 Å². The number of H-pyrrole nitrogens is 1. The van der Waals surface area contributed by atoms with E-state index in [4.69, 9.17) is 0 Å². The maximum atomic E-state index is 13.7. The van der Waals surface area contributed by atoms with E-state index in [2.05, 4.69) is 31.6 Å². The number of amides is 4. The van der Waals surface area contributed by atoms with Crippen molar-refractivity contribution in [3.05, 3.63) is 66.0 Å². The molecule has 0 aliphatic carbocycles. The standard InChI is InChI=1S/C34H52N6O4/c1-8-12-28(39-33(44)29(20-34(5,6)7)40-31(42)26-15-17-35-18-16-26)32(43)38-27(19-25-13-10-9-11-14-25)22-36-24(4)30(41)37-21-23(2)3/h9-11,13-18,23-24,27-29,36H,8,12,19-22H2,1-7H3,(H,37,41)(H,38,43)(H,39,44)(H,40,42)/p+1/t24-,27?,28-,29-/m0/s1. The molecule has 1 heterocycles. The summed E-state index contributed by atoms with van der Waals surface area (Å²) < 4.78 is 0. The van der Waals surface area contributed by atoms with E-state index < -0.39 is 24.0 Å². The van der Waals surface area contributed by atoms with Crippen molar-refractivity contribution in [2.75, 3.05) is 13.1 Å². The molecular weight excluding hydrogens is 556 g/mol. The van der Waals surface area contributed by atoms with Crippen LogP contribution in [-0.4, -0.2) is 60.9 Å². The van der Waals surface area contributed by atoms with E-state index >= 15 is 0 Å². The lowest BCUT2D eigenvalue weighted by Gasteiger charge is -2.29. The summed E-state index contributed by atoms with van der Waals surface area (Å²) in [5.74, 6) is -0.826. The first-order valence-electron chi connectivity index (χ1n) is 15.7. The molecule has 0 saturated carbocycles. The summed E-state index contributed by atoms with van der Waals surface area (Å²) >= 11 is 0. The van der Waals surface area contributed by atoms with E-state index in [1.54, 1.807) is 31.5 Å². The van der Waals surface area contributed by atoms with Crippen molar-refractivity contribution in [1.82, 2.24) is 26.6 Å². The summed E-state index contributed by atoms with van der Waals surface area (Å²) in [6.45, 7) is 14.8. The number of aromatic nitrogens is 1. The summed E-state index contributed by atoms with van der Waals surface area (Å²) in [6.07, 6.45) is 5.33. The summed E-state index contributed by atoms with van der Waals surface area (Å²) in [5.41, 5.74) is 1.22. The predicted molar refractivity (Wildman–Crippen MR) is 173 cm³/mol. The van der Waals surface area contributed by atoms with Crippen LogP contribution in [0.3, 0.4) is 0 Å². The SMILES string of the molecule is CCC[C@H](NC(=O)[C@H](CC(C)(C)C)NC(=O)c1cc[nH+]cc1)C(=O)NC(CN[C@@H](C)C(=O)NCC(C)C)Cc1ccccc1. The van der Waals surface area contributed by atoms with Crippen LogP contribution in [0.15, 0.2) is 54.9 Å². The van der Waals surface area contributed by atoms with E-state index in [-0.39, 0.29) is 29.2 Å². The first-order valence-corrected chi connectivity index (χ1v) is 15.7. The fourth-order valence-corrected chi connectivity index (χ4v) is 4.68. The molecule has 4 atom stereocenters. The monoisotopic (exact) mass is 609 g/mol. The second-order valence-electron chi connectivity index (χ2n) is 13.1. The first-order chi connectivity index (χ1) is 20.8. The summed E-state index contributed by atoms with van der Waals surface area (Å²) in [6, 6.07) is 10.7. The Balaban J connectivity index is 2.16. The fourth-order valence-electron chi connectivity index (χ4n) is 4.68. The van der Waals surface area contributed by atoms with Gasteiger partial charge in [-0.2, -0.15) is 0 Å². The van der Waals surface area contributed by atoms with Gasteiger partial charge in [-0.05, 0) is 43.1 Å². The van der Waals surface area contributed by atoms with Gasteiger partial charge < -0.3 is 26.6 Å². The van der Waals surface area contributed by atoms with Crippen LogP contribution in [0.5, 0.6) is 0 Å². The van der Waals surface area contributed by atoms with Crippen LogP contribution in [0, 0.1) is 11.3 Å². The molecule has 0 spiro atoms. The van der Waals surface area contributed by atoms with Gasteiger partial charge in [0.25, 0.3) is 5.91 Å². The van der Waals surface area contributed by atoms with E-state index in [9.17, 15) is 19.2 Å². The smallest absolute Gasteiger partial charge is 0.252 e. The first kappa shape index (κ1) is 36.4. The van der Waals surface area contributed by atoms with Crippen LogP contribution in [0.2, 0.25) is 0 Å². The van der Waals surface area contributed by atoms with Crippen molar-refractivity contribution in [2.24, 2.45) is 11.3 Å². The molecule has 2 aromatic rings. The Hall–Kier alpha value is -3.79. The van der Waals surface area contributed by atoms with Gasteiger partial charge in [-0.15, -0.1) is 0 Å². The Kier molecular flexibility index (Phi) is 15.0. The van der Waals surface area contributed by atoms with E-state index in [1.165, 1.54) is 0 Å². The van der Waals surface area contributed by atoms with Crippen LogP contribution in [0.4, 0.5) is 0 Å². The molecule has 0 aliphatic rings. The molecule has 0 fully saturated rings. The van der Waals surface area contributed by atoms with Crippen molar-refractivity contribution in [3.63, 3.8) is 0 Å². The molecule has 0 aliphatic heterocycles. The van der Waals surface area contributed by atoms with E-state index in [0.29, 0.717) is 50.3 Å². The van der Waals surface area contributed by atoms with Gasteiger partial charge in [0.1, 0.15) is 12.1 Å². The third-order valence-corrected chi connectivity index (χ3v) is 7.05. The number of hydrogen-bond acceptors (Lipinski definition) is 5. The summed E-state index contributed by atoms with van der Waals surface area (Å²) in [7, 11) is 0. The van der Waals surface area contributed by atoms with Crippen LogP contribution in [0.25, 0.3) is 0 Å². The molecule has 242 valence electrons. The molecule has 6 N–H and O–H groups in total. The zero-order chi connectivity index (χ0) is 32.7. The maximum absolute atomic E-state index is 13.7. The molecule has 1 aromatic heterocycles. The highest BCUT2D eigenvalue weighted by Crippen LogP contribution is 2.21. The fraction of sp³-hybridized carbons (Fsp3) is 0.559. The highest BCUT2D eigenvalue weighted by molar-refractivity contribution is 5.98. The maximum Gasteiger partial charge on any atom is 0.252 e. The molecule has 0 saturated heterocycles. The lowest BCUT2D eigenvalue weighted by Crippen LogP contribution is -2.57. The van der Waals surface area contributed by atoms with Crippen LogP contribution in [-0.2, 0) is 20.8 Å². The normalized spacial score (nSPS) is 14.2. The molecule has 1 unspecified atom stereocenters. The van der Waals surface area contributed by atoms with Crippen LogP contribution in [0.1, 0.15) is 83.7 Å². The minimum atomic E-state index is -0.828. The topological polar surface area (TPSA) is 143 Å². The number of benzene rings is 1. The van der Waals surface area contributed by atoms with Gasteiger partial charge in [0.15, 0.2) is 12.4 Å². The second-order valence-corrected chi connectivity index (χ2v) is 13.1. The number of pyridine rings is 1. The molecule has 44 heavy (non-hydrogen) atoms. The predicted octanol–water partition coefficient (Wildman–Crippen LogP) is 2.80. The van der Waals surface area contributed by atoms with Crippen molar-refractivity contribution in [1.29, 1.82) is 0 Å². The van der Waals surface area contributed by atoms with E-state index in [0.717, 1.165) is 5.56 Å². The highest BCUT2D eigenvalue weighted by Gasteiger charge is 2.31. The number of aromatic amines is 1. The third-order valence-electron chi connectivity index (χ3n) is 7.05. The number of carbonyl (C=O) groups is 4. The van der Waals surface area contributed by atoms with Gasteiger partial charge in [0, 0.05) is 31.3 Å². The Morgan fingerprint density at radius 3 is 2.02 bits per heavy atom. The van der Waals surface area contributed by atoms with Gasteiger partial charge in [-0.25, -0.2) is 4.98 Å². The molecule has 0 radical (unpaired) electrons. The zero-order valence-electron chi connectivity index (χ0n) is 27.5. The molecule has 1 aromatic carbocycles. The molecule has 2 rings (SSSR count). The van der Waals surface area contributed by atoms with Crippen LogP contribution < -0.4 is 31.6 Å². The molecule has 0 bridgehead atoms. The van der Waals surface area contributed by atoms with Crippen molar-refractivity contribution in [2.45, 2.75) is 98.3 Å². The quantitative estimate of drug-likeness (QED) is 0.188. The van der Waals surface area contributed by atoms with Gasteiger partial charge >= 0.3 is 0 Å². The Morgan fingerprint density at radius 2 is 1.43 bits per heavy atom. The summed E-state index contributed by atoms with van der Waals surface area (Å²) in [5, 5.41) is 15.1. The van der Waals surface area contributed by atoms with Gasteiger partial charge in [0.05, 0.1) is 11.6 Å².